The van der Waals surface area contributed by atoms with Gasteiger partial charge in [-0.15, -0.1) is 5.10 Å². The van der Waals surface area contributed by atoms with E-state index < -0.39 is 0 Å². The van der Waals surface area contributed by atoms with Crippen molar-refractivity contribution in [1.82, 2.24) is 9.61 Å². The Balaban J connectivity index is 1.29. The zero-order valence-electron chi connectivity index (χ0n) is 23.4. The Hall–Kier alpha value is -5.35. The van der Waals surface area contributed by atoms with Crippen molar-refractivity contribution in [2.75, 3.05) is 4.90 Å². The van der Waals surface area contributed by atoms with Crippen molar-refractivity contribution in [3.63, 3.8) is 0 Å². The Morgan fingerprint density at radius 1 is 0.619 bits per heavy atom. The van der Waals surface area contributed by atoms with Gasteiger partial charge in [0.2, 0.25) is 0 Å². The molecule has 3 aromatic heterocycles. The summed E-state index contributed by atoms with van der Waals surface area (Å²) in [6.07, 6.45) is 2.11. The Morgan fingerprint density at radius 3 is 2.26 bits per heavy atom. The number of anilines is 3. The number of furan rings is 1. The molecule has 9 rings (SSSR count). The molecule has 0 saturated heterocycles. The topological polar surface area (TPSA) is 33.7 Å². The summed E-state index contributed by atoms with van der Waals surface area (Å²) in [7, 11) is 0. The lowest BCUT2D eigenvalue weighted by Gasteiger charge is -2.25. The Bertz CT molecular complexity index is 2300. The molecule has 200 valence electrons. The van der Waals surface area contributed by atoms with Gasteiger partial charge in [-0.25, -0.2) is 4.52 Å². The van der Waals surface area contributed by atoms with E-state index >= 15 is 0 Å². The van der Waals surface area contributed by atoms with E-state index in [1.54, 1.807) is 0 Å². The average Bonchev–Trinajstić information content (AvgIpc) is 3.66. The van der Waals surface area contributed by atoms with Crippen LogP contribution < -0.4 is 4.90 Å². The fourth-order valence-corrected chi connectivity index (χ4v) is 6.88. The normalized spacial score (nSPS) is 13.7. The summed E-state index contributed by atoms with van der Waals surface area (Å²) in [6.45, 7) is 4.64. The number of para-hydroxylation sites is 1. The summed E-state index contributed by atoms with van der Waals surface area (Å²) in [4.78, 5) is 2.27. The highest BCUT2D eigenvalue weighted by Gasteiger charge is 2.35. The van der Waals surface area contributed by atoms with E-state index in [0.717, 1.165) is 50.0 Å². The van der Waals surface area contributed by atoms with Crippen LogP contribution in [-0.2, 0) is 5.41 Å². The van der Waals surface area contributed by atoms with E-state index in [2.05, 4.69) is 134 Å². The predicted molar refractivity (Wildman–Crippen MR) is 172 cm³/mol. The van der Waals surface area contributed by atoms with Gasteiger partial charge in [0, 0.05) is 45.2 Å². The molecule has 0 spiro atoms. The van der Waals surface area contributed by atoms with Gasteiger partial charge in [0.05, 0.1) is 5.52 Å². The van der Waals surface area contributed by atoms with Gasteiger partial charge in [-0.05, 0) is 70.1 Å². The molecule has 8 aromatic rings. The summed E-state index contributed by atoms with van der Waals surface area (Å²) >= 11 is 0. The largest absolute Gasteiger partial charge is 0.456 e. The highest BCUT2D eigenvalue weighted by Crippen LogP contribution is 2.50. The molecule has 4 heteroatoms. The number of hydrogen-bond donors (Lipinski definition) is 0. The molecule has 1 aliphatic carbocycles. The van der Waals surface area contributed by atoms with E-state index in [4.69, 9.17) is 9.52 Å². The number of benzene rings is 5. The molecular weight excluding hydrogens is 514 g/mol. The first-order chi connectivity index (χ1) is 20.5. The molecule has 0 N–H and O–H groups in total. The molecule has 0 fully saturated rings. The predicted octanol–water partition coefficient (Wildman–Crippen LogP) is 10.2. The molecule has 0 radical (unpaired) electrons. The maximum Gasteiger partial charge on any atom is 0.160 e. The molecule has 3 heterocycles. The minimum atomic E-state index is -0.0485. The smallest absolute Gasteiger partial charge is 0.160 e. The molecule has 0 amide bonds. The molecule has 0 saturated carbocycles. The monoisotopic (exact) mass is 541 g/mol. The third-order valence-corrected chi connectivity index (χ3v) is 8.99. The number of pyridine rings is 1. The van der Waals surface area contributed by atoms with E-state index in [9.17, 15) is 0 Å². The van der Waals surface area contributed by atoms with Crippen LogP contribution in [0.5, 0.6) is 0 Å². The molecule has 4 nitrogen and oxygen atoms in total. The van der Waals surface area contributed by atoms with Crippen LogP contribution in [0.2, 0.25) is 0 Å². The molecule has 0 atom stereocenters. The lowest BCUT2D eigenvalue weighted by molar-refractivity contribution is 0.660. The van der Waals surface area contributed by atoms with E-state index in [1.807, 2.05) is 16.6 Å². The van der Waals surface area contributed by atoms with Crippen molar-refractivity contribution in [2.45, 2.75) is 19.3 Å². The molecule has 0 bridgehead atoms. The highest BCUT2D eigenvalue weighted by molar-refractivity contribution is 6.06. The van der Waals surface area contributed by atoms with Crippen molar-refractivity contribution in [2.24, 2.45) is 0 Å². The van der Waals surface area contributed by atoms with Crippen LogP contribution in [0, 0.1) is 0 Å². The van der Waals surface area contributed by atoms with Crippen molar-refractivity contribution in [3.05, 3.63) is 139 Å². The molecule has 42 heavy (non-hydrogen) atoms. The van der Waals surface area contributed by atoms with Crippen molar-refractivity contribution in [3.8, 4) is 11.1 Å². The quantitative estimate of drug-likeness (QED) is 0.223. The number of nitrogens with zero attached hydrogens (tertiary/aromatic N) is 3. The Labute approximate surface area is 243 Å². The maximum absolute atomic E-state index is 6.17. The number of hydrogen-bond acceptors (Lipinski definition) is 3. The van der Waals surface area contributed by atoms with Gasteiger partial charge in [0.25, 0.3) is 0 Å². The van der Waals surface area contributed by atoms with Gasteiger partial charge in [-0.2, -0.15) is 0 Å². The first-order valence-electron chi connectivity index (χ1n) is 14.4. The van der Waals surface area contributed by atoms with Crippen LogP contribution in [0.3, 0.4) is 0 Å². The van der Waals surface area contributed by atoms with Gasteiger partial charge in [-0.1, -0.05) is 86.6 Å². The van der Waals surface area contributed by atoms with Gasteiger partial charge in [-0.3, -0.25) is 4.90 Å². The minimum absolute atomic E-state index is 0.0485. The highest BCUT2D eigenvalue weighted by atomic mass is 16.3. The van der Waals surface area contributed by atoms with E-state index in [0.29, 0.717) is 0 Å². The van der Waals surface area contributed by atoms with Crippen LogP contribution in [0.15, 0.2) is 132 Å². The van der Waals surface area contributed by atoms with Gasteiger partial charge >= 0.3 is 0 Å². The van der Waals surface area contributed by atoms with Gasteiger partial charge in [0.1, 0.15) is 11.2 Å². The third kappa shape index (κ3) is 3.26. The molecule has 1 aliphatic rings. The standard InChI is InChI=1S/C38H27N3O/c1-38(2)33-13-7-5-11-29(33)31-20-26(15-17-34(31)38)41(27-16-18-36-32(21-27)30-12-6-8-14-35(30)42-36)37-22-28-19-24-9-3-4-10-25(24)23-40(28)39-37/h3-23H,1-2H3. The molecule has 0 unspecified atom stereocenters. The summed E-state index contributed by atoms with van der Waals surface area (Å²) in [5, 5.41) is 9.70. The van der Waals surface area contributed by atoms with Crippen LogP contribution in [0.4, 0.5) is 17.2 Å². The summed E-state index contributed by atoms with van der Waals surface area (Å²) < 4.78 is 8.16. The summed E-state index contributed by atoms with van der Waals surface area (Å²) in [5.74, 6) is 0.864. The first-order valence-corrected chi connectivity index (χ1v) is 14.4. The van der Waals surface area contributed by atoms with E-state index in [-0.39, 0.29) is 5.41 Å². The van der Waals surface area contributed by atoms with Crippen LogP contribution in [0.25, 0.3) is 49.4 Å². The SMILES string of the molecule is CC1(C)c2ccccc2-c2cc(N(c3ccc4oc5ccccc5c4c3)c3cc4cc5ccccc5cn4n3)ccc21. The zero-order valence-corrected chi connectivity index (χ0v) is 23.4. The second-order valence-electron chi connectivity index (χ2n) is 11.8. The maximum atomic E-state index is 6.17. The van der Waals surface area contributed by atoms with Gasteiger partial charge < -0.3 is 4.42 Å². The minimum Gasteiger partial charge on any atom is -0.456 e. The first kappa shape index (κ1) is 23.4. The molecule has 5 aromatic carbocycles. The number of fused-ring (bicyclic) bond motifs is 8. The van der Waals surface area contributed by atoms with Crippen molar-refractivity contribution in [1.29, 1.82) is 0 Å². The van der Waals surface area contributed by atoms with E-state index in [1.165, 1.54) is 27.6 Å². The number of rotatable bonds is 3. The Morgan fingerprint density at radius 2 is 1.33 bits per heavy atom. The Kier molecular flexibility index (Phi) is 4.64. The van der Waals surface area contributed by atoms with Crippen LogP contribution in [-0.4, -0.2) is 9.61 Å². The fourth-order valence-electron chi connectivity index (χ4n) is 6.88. The van der Waals surface area contributed by atoms with Crippen molar-refractivity contribution >= 4 is 55.4 Å². The second-order valence-corrected chi connectivity index (χ2v) is 11.8. The summed E-state index contributed by atoms with van der Waals surface area (Å²) in [6, 6.07) is 43.1. The van der Waals surface area contributed by atoms with Gasteiger partial charge in [0.15, 0.2) is 5.82 Å². The second kappa shape index (κ2) is 8.34. The van der Waals surface area contributed by atoms with Crippen molar-refractivity contribution < 1.29 is 4.42 Å². The number of aromatic nitrogens is 2. The molecular formula is C38H27N3O. The zero-order chi connectivity index (χ0) is 28.0. The molecule has 0 aliphatic heterocycles. The van der Waals surface area contributed by atoms with Crippen LogP contribution in [0.1, 0.15) is 25.0 Å². The lowest BCUT2D eigenvalue weighted by Crippen LogP contribution is -2.15. The van der Waals surface area contributed by atoms with Crippen LogP contribution >= 0.6 is 0 Å². The average molecular weight is 542 g/mol. The fraction of sp³-hybridized carbons (Fsp3) is 0.0789. The lowest BCUT2D eigenvalue weighted by atomic mass is 9.82. The third-order valence-electron chi connectivity index (χ3n) is 8.99. The summed E-state index contributed by atoms with van der Waals surface area (Å²) in [5.41, 5.74) is 10.2.